The zero-order valence-corrected chi connectivity index (χ0v) is 15.8. The summed E-state index contributed by atoms with van der Waals surface area (Å²) in [5.41, 5.74) is 0.495. The van der Waals surface area contributed by atoms with Gasteiger partial charge in [-0.25, -0.2) is 0 Å². The molecule has 2 saturated heterocycles. The molecule has 1 aromatic carbocycles. The van der Waals surface area contributed by atoms with Crippen LogP contribution in [0.3, 0.4) is 0 Å². The van der Waals surface area contributed by atoms with E-state index < -0.39 is 17.8 Å². The summed E-state index contributed by atoms with van der Waals surface area (Å²) >= 11 is 12.2. The largest absolute Gasteiger partial charge is 0.481 e. The lowest BCUT2D eigenvalue weighted by Gasteiger charge is -2.37. The Morgan fingerprint density at radius 2 is 1.92 bits per heavy atom. The van der Waals surface area contributed by atoms with Gasteiger partial charge in [-0.1, -0.05) is 23.2 Å². The van der Waals surface area contributed by atoms with Gasteiger partial charge in [0.05, 0.1) is 16.6 Å². The van der Waals surface area contributed by atoms with Crippen molar-refractivity contribution in [3.63, 3.8) is 0 Å². The number of carboxylic acids is 1. The summed E-state index contributed by atoms with van der Waals surface area (Å²) in [5.74, 6) is -2.90. The number of hydrogen-bond donors (Lipinski definition) is 1. The third kappa shape index (κ3) is 3.53. The minimum atomic E-state index is -0.903. The number of aliphatic carboxylic acids is 1. The van der Waals surface area contributed by atoms with Crippen molar-refractivity contribution in [2.45, 2.75) is 32.2 Å². The fraction of sp³-hybridized carbons (Fsp3) is 0.500. The average molecular weight is 399 g/mol. The van der Waals surface area contributed by atoms with Crippen molar-refractivity contribution < 1.29 is 19.5 Å². The smallest absolute Gasteiger partial charge is 0.308 e. The molecule has 6 nitrogen and oxygen atoms in total. The number of amides is 2. The van der Waals surface area contributed by atoms with Gasteiger partial charge in [0.2, 0.25) is 11.8 Å². The van der Waals surface area contributed by atoms with Crippen molar-refractivity contribution in [2.75, 3.05) is 18.0 Å². The molecule has 0 bridgehead atoms. The van der Waals surface area contributed by atoms with Crippen LogP contribution in [0.25, 0.3) is 0 Å². The Kier molecular flexibility index (Phi) is 5.44. The van der Waals surface area contributed by atoms with Crippen LogP contribution in [0.5, 0.6) is 0 Å². The average Bonchev–Trinajstić information content (AvgIpc) is 2.98. The number of carbonyl (C=O) groups excluding carboxylic acids is 2. The molecule has 0 saturated carbocycles. The molecular formula is C18H20Cl2N2O4. The molecule has 1 aromatic rings. The predicted molar refractivity (Wildman–Crippen MR) is 98.5 cm³/mol. The van der Waals surface area contributed by atoms with E-state index in [9.17, 15) is 19.5 Å². The van der Waals surface area contributed by atoms with Gasteiger partial charge in [0.1, 0.15) is 5.92 Å². The number of rotatable bonds is 3. The highest BCUT2D eigenvalue weighted by Gasteiger charge is 2.43. The number of halogens is 2. The third-order valence-corrected chi connectivity index (χ3v) is 5.77. The number of nitrogens with zero attached hydrogens (tertiary/aromatic N) is 2. The highest BCUT2D eigenvalue weighted by Crippen LogP contribution is 2.35. The summed E-state index contributed by atoms with van der Waals surface area (Å²) < 4.78 is 0. The van der Waals surface area contributed by atoms with Crippen LogP contribution in [-0.4, -0.2) is 46.9 Å². The maximum absolute atomic E-state index is 12.9. The van der Waals surface area contributed by atoms with Crippen LogP contribution < -0.4 is 4.90 Å². The molecule has 2 aliphatic heterocycles. The first-order valence-electron chi connectivity index (χ1n) is 8.59. The second-order valence-corrected chi connectivity index (χ2v) is 7.72. The molecule has 0 aromatic heterocycles. The van der Waals surface area contributed by atoms with Gasteiger partial charge >= 0.3 is 5.97 Å². The van der Waals surface area contributed by atoms with E-state index in [1.165, 1.54) is 4.90 Å². The molecule has 2 amide bonds. The Morgan fingerprint density at radius 3 is 2.62 bits per heavy atom. The van der Waals surface area contributed by atoms with Gasteiger partial charge in [0.15, 0.2) is 0 Å². The Bertz CT molecular complexity index is 755. The van der Waals surface area contributed by atoms with Crippen LogP contribution in [0.15, 0.2) is 18.2 Å². The number of piperidine rings is 1. The molecule has 0 aliphatic carbocycles. The number of carboxylic acid groups (broad SMARTS) is 1. The van der Waals surface area contributed by atoms with E-state index >= 15 is 0 Å². The molecule has 3 unspecified atom stereocenters. The summed E-state index contributed by atoms with van der Waals surface area (Å²) in [6.45, 7) is 2.41. The van der Waals surface area contributed by atoms with Crippen molar-refractivity contribution in [1.82, 2.24) is 4.90 Å². The lowest BCUT2D eigenvalue weighted by Crippen LogP contribution is -2.50. The number of carbonyl (C=O) groups is 3. The van der Waals surface area contributed by atoms with E-state index in [-0.39, 0.29) is 24.4 Å². The lowest BCUT2D eigenvalue weighted by atomic mass is 9.92. The maximum atomic E-state index is 12.9. The van der Waals surface area contributed by atoms with E-state index in [0.29, 0.717) is 41.5 Å². The van der Waals surface area contributed by atoms with Gasteiger partial charge in [-0.05, 0) is 44.4 Å². The molecule has 1 N–H and O–H groups in total. The first-order valence-corrected chi connectivity index (χ1v) is 9.35. The van der Waals surface area contributed by atoms with Gasteiger partial charge in [0, 0.05) is 24.2 Å². The van der Waals surface area contributed by atoms with E-state index in [2.05, 4.69) is 0 Å². The van der Waals surface area contributed by atoms with E-state index in [4.69, 9.17) is 23.2 Å². The zero-order chi connectivity index (χ0) is 19.0. The molecule has 2 aliphatic rings. The highest BCUT2D eigenvalue weighted by atomic mass is 35.5. The summed E-state index contributed by atoms with van der Waals surface area (Å²) in [5, 5.41) is 10.1. The van der Waals surface area contributed by atoms with Gasteiger partial charge in [-0.3, -0.25) is 14.4 Å². The van der Waals surface area contributed by atoms with Gasteiger partial charge < -0.3 is 14.9 Å². The number of likely N-dealkylation sites (tertiary alicyclic amines) is 1. The van der Waals surface area contributed by atoms with Crippen molar-refractivity contribution in [2.24, 2.45) is 11.8 Å². The lowest BCUT2D eigenvalue weighted by molar-refractivity contribution is -0.149. The minimum Gasteiger partial charge on any atom is -0.481 e. The molecule has 2 heterocycles. The number of anilines is 1. The Labute approximate surface area is 161 Å². The topological polar surface area (TPSA) is 77.9 Å². The Balaban J connectivity index is 1.78. The fourth-order valence-electron chi connectivity index (χ4n) is 3.66. The molecule has 0 spiro atoms. The van der Waals surface area contributed by atoms with Crippen molar-refractivity contribution in [3.05, 3.63) is 28.2 Å². The van der Waals surface area contributed by atoms with Crippen LogP contribution in [0.4, 0.5) is 5.69 Å². The zero-order valence-electron chi connectivity index (χ0n) is 14.3. The first kappa shape index (κ1) is 19.0. The normalized spacial score (nSPS) is 26.3. The molecule has 3 rings (SSSR count). The summed E-state index contributed by atoms with van der Waals surface area (Å²) in [6.07, 6.45) is 1.54. The monoisotopic (exact) mass is 398 g/mol. The number of hydrogen-bond acceptors (Lipinski definition) is 3. The highest BCUT2D eigenvalue weighted by molar-refractivity contribution is 6.36. The van der Waals surface area contributed by atoms with Crippen LogP contribution in [-0.2, 0) is 14.4 Å². The molecule has 140 valence electrons. The minimum absolute atomic E-state index is 0.0743. The van der Waals surface area contributed by atoms with Crippen molar-refractivity contribution in [1.29, 1.82) is 0 Å². The van der Waals surface area contributed by atoms with Gasteiger partial charge in [-0.2, -0.15) is 0 Å². The predicted octanol–water partition coefficient (Wildman–Crippen LogP) is 3.06. The van der Waals surface area contributed by atoms with E-state index in [1.54, 1.807) is 23.1 Å². The standard InChI is InChI=1S/C18H20Cl2N2O4/c1-10-2-3-11(18(25)26)9-22(10)17(24)13-6-7-21(16(13)23)15-8-12(19)4-5-14(15)20/h4-5,8,10-11,13H,2-3,6-7,9H2,1H3,(H,25,26). The Hall–Kier alpha value is -1.79. The maximum Gasteiger partial charge on any atom is 0.308 e. The SMILES string of the molecule is CC1CCC(C(=O)O)CN1C(=O)C1CCN(c2cc(Cl)ccc2Cl)C1=O. The van der Waals surface area contributed by atoms with Crippen LogP contribution in [0.1, 0.15) is 26.2 Å². The summed E-state index contributed by atoms with van der Waals surface area (Å²) in [6, 6.07) is 4.79. The summed E-state index contributed by atoms with van der Waals surface area (Å²) in [7, 11) is 0. The molecule has 0 radical (unpaired) electrons. The van der Waals surface area contributed by atoms with Gasteiger partial charge in [-0.15, -0.1) is 0 Å². The van der Waals surface area contributed by atoms with E-state index in [1.807, 2.05) is 6.92 Å². The third-order valence-electron chi connectivity index (χ3n) is 5.22. The molecule has 3 atom stereocenters. The Morgan fingerprint density at radius 1 is 1.19 bits per heavy atom. The quantitative estimate of drug-likeness (QED) is 0.793. The van der Waals surface area contributed by atoms with Crippen LogP contribution >= 0.6 is 23.2 Å². The number of benzene rings is 1. The van der Waals surface area contributed by atoms with Crippen molar-refractivity contribution >= 4 is 46.7 Å². The molecule has 26 heavy (non-hydrogen) atoms. The van der Waals surface area contributed by atoms with Crippen LogP contribution in [0, 0.1) is 11.8 Å². The fourth-order valence-corrected chi connectivity index (χ4v) is 4.04. The molecule has 8 heteroatoms. The first-order chi connectivity index (χ1) is 12.3. The van der Waals surface area contributed by atoms with Crippen molar-refractivity contribution in [3.8, 4) is 0 Å². The second-order valence-electron chi connectivity index (χ2n) is 6.88. The molecular weight excluding hydrogens is 379 g/mol. The summed E-state index contributed by atoms with van der Waals surface area (Å²) in [4.78, 5) is 40.1. The molecule has 2 fully saturated rings. The van der Waals surface area contributed by atoms with E-state index in [0.717, 1.165) is 0 Å². The second kappa shape index (κ2) is 7.45. The van der Waals surface area contributed by atoms with Crippen LogP contribution in [0.2, 0.25) is 10.0 Å². The van der Waals surface area contributed by atoms with Gasteiger partial charge in [0.25, 0.3) is 0 Å².